The van der Waals surface area contributed by atoms with Gasteiger partial charge in [-0.05, 0) is 55.5 Å². The molecule has 2 aliphatic carbocycles. The number of halogens is 2. The highest BCUT2D eigenvalue weighted by Crippen LogP contribution is 2.71. The predicted octanol–water partition coefficient (Wildman–Crippen LogP) is 6.67. The summed E-state index contributed by atoms with van der Waals surface area (Å²) in [5.41, 5.74) is 1.27. The maximum atomic E-state index is 13.6. The standard InChI is InChI=1S/C25H26Cl2N2O3/c1-15-5-7-16(8-6-15)21(30)32-29-20-14-25(12-11-24(20,4)23(25,2)3)22(31)28-19-13-17(26)9-10-18(19)27/h5-10,13H,11-12,14H2,1-4H3,(H,28,31). The Morgan fingerprint density at radius 1 is 1.03 bits per heavy atom. The molecule has 2 bridgehead atoms. The zero-order valence-electron chi connectivity index (χ0n) is 18.6. The zero-order chi connectivity index (χ0) is 23.3. The van der Waals surface area contributed by atoms with Crippen molar-refractivity contribution in [1.29, 1.82) is 0 Å². The lowest BCUT2D eigenvalue weighted by atomic mass is 9.64. The van der Waals surface area contributed by atoms with Crippen molar-refractivity contribution >= 4 is 46.5 Å². The van der Waals surface area contributed by atoms with Gasteiger partial charge in [-0.3, -0.25) is 4.79 Å². The maximum Gasteiger partial charge on any atom is 0.365 e. The second kappa shape index (κ2) is 7.89. The monoisotopic (exact) mass is 472 g/mol. The summed E-state index contributed by atoms with van der Waals surface area (Å²) in [4.78, 5) is 31.4. The minimum Gasteiger partial charge on any atom is -0.324 e. The number of nitrogens with zero attached hydrogens (tertiary/aromatic N) is 1. The van der Waals surface area contributed by atoms with Crippen molar-refractivity contribution in [2.45, 2.75) is 47.0 Å². The smallest absolute Gasteiger partial charge is 0.324 e. The molecule has 2 fully saturated rings. The van der Waals surface area contributed by atoms with Gasteiger partial charge in [-0.25, -0.2) is 4.79 Å². The van der Waals surface area contributed by atoms with Crippen molar-refractivity contribution in [2.75, 3.05) is 5.32 Å². The Labute approximate surface area is 198 Å². The number of benzene rings is 2. The molecule has 2 aliphatic rings. The van der Waals surface area contributed by atoms with Gasteiger partial charge in [-0.15, -0.1) is 0 Å². The fourth-order valence-corrected chi connectivity index (χ4v) is 5.53. The van der Waals surface area contributed by atoms with E-state index in [0.717, 1.165) is 17.7 Å². The normalized spacial score (nSPS) is 26.9. The van der Waals surface area contributed by atoms with Gasteiger partial charge in [-0.1, -0.05) is 66.8 Å². The highest BCUT2D eigenvalue weighted by atomic mass is 35.5. The first-order chi connectivity index (χ1) is 15.0. The lowest BCUT2D eigenvalue weighted by molar-refractivity contribution is -0.130. The second-order valence-corrected chi connectivity index (χ2v) is 10.4. The molecule has 2 atom stereocenters. The lowest BCUT2D eigenvalue weighted by Crippen LogP contribution is -2.43. The SMILES string of the molecule is Cc1ccc(C(=O)ON=C2CC3(C(=O)Nc4cc(Cl)ccc4Cl)CCC2(C)C3(C)C)cc1. The van der Waals surface area contributed by atoms with Crippen molar-refractivity contribution in [2.24, 2.45) is 21.4 Å². The number of anilines is 1. The number of hydrogen-bond acceptors (Lipinski definition) is 4. The summed E-state index contributed by atoms with van der Waals surface area (Å²) in [6.45, 7) is 8.22. The molecule has 1 N–H and O–H groups in total. The van der Waals surface area contributed by atoms with E-state index in [9.17, 15) is 9.59 Å². The van der Waals surface area contributed by atoms with E-state index < -0.39 is 16.8 Å². The van der Waals surface area contributed by atoms with Gasteiger partial charge < -0.3 is 10.2 Å². The molecule has 0 spiro atoms. The number of aryl methyl sites for hydroxylation is 1. The number of carbonyl (C=O) groups excluding carboxylic acids is 2. The van der Waals surface area contributed by atoms with E-state index in [2.05, 4.69) is 31.2 Å². The first kappa shape index (κ1) is 22.8. The molecular formula is C25H26Cl2N2O3. The topological polar surface area (TPSA) is 67.8 Å². The van der Waals surface area contributed by atoms with E-state index in [4.69, 9.17) is 28.0 Å². The molecule has 7 heteroatoms. The van der Waals surface area contributed by atoms with E-state index in [1.54, 1.807) is 30.3 Å². The fourth-order valence-electron chi connectivity index (χ4n) is 5.20. The summed E-state index contributed by atoms with van der Waals surface area (Å²) in [6.07, 6.45) is 1.91. The molecule has 2 unspecified atom stereocenters. The number of nitrogens with one attached hydrogen (secondary N) is 1. The third-order valence-electron chi connectivity index (χ3n) is 7.87. The molecule has 1 amide bonds. The van der Waals surface area contributed by atoms with Crippen molar-refractivity contribution in [1.82, 2.24) is 0 Å². The van der Waals surface area contributed by atoms with Gasteiger partial charge in [-0.2, -0.15) is 0 Å². The Kier molecular flexibility index (Phi) is 5.62. The third-order valence-corrected chi connectivity index (χ3v) is 8.44. The second-order valence-electron chi connectivity index (χ2n) is 9.58. The van der Waals surface area contributed by atoms with Gasteiger partial charge >= 0.3 is 5.97 Å². The van der Waals surface area contributed by atoms with E-state index >= 15 is 0 Å². The number of oxime groups is 1. The molecule has 4 rings (SSSR count). The maximum absolute atomic E-state index is 13.6. The van der Waals surface area contributed by atoms with Crippen molar-refractivity contribution < 1.29 is 14.4 Å². The average molecular weight is 473 g/mol. The molecule has 168 valence electrons. The summed E-state index contributed by atoms with van der Waals surface area (Å²) in [5, 5.41) is 8.18. The first-order valence-corrected chi connectivity index (χ1v) is 11.4. The lowest BCUT2D eigenvalue weighted by Gasteiger charge is -2.39. The molecular weight excluding hydrogens is 447 g/mol. The van der Waals surface area contributed by atoms with Gasteiger partial charge in [0.1, 0.15) is 0 Å². The van der Waals surface area contributed by atoms with Crippen LogP contribution in [0.15, 0.2) is 47.6 Å². The molecule has 0 saturated heterocycles. The Bertz CT molecular complexity index is 1130. The molecule has 5 nitrogen and oxygen atoms in total. The largest absolute Gasteiger partial charge is 0.365 e. The molecule has 2 aromatic rings. The van der Waals surface area contributed by atoms with E-state index in [1.165, 1.54) is 0 Å². The average Bonchev–Trinajstić information content (AvgIpc) is 3.05. The quantitative estimate of drug-likeness (QED) is 0.398. The first-order valence-electron chi connectivity index (χ1n) is 10.6. The fraction of sp³-hybridized carbons (Fsp3) is 0.400. The summed E-state index contributed by atoms with van der Waals surface area (Å²) >= 11 is 12.4. The number of fused-ring (bicyclic) bond motifs is 2. The van der Waals surface area contributed by atoms with Crippen LogP contribution in [0.3, 0.4) is 0 Å². The Hall–Kier alpha value is -2.37. The van der Waals surface area contributed by atoms with Gasteiger partial charge in [0.2, 0.25) is 5.91 Å². The molecule has 2 aromatic carbocycles. The van der Waals surface area contributed by atoms with Gasteiger partial charge in [0.25, 0.3) is 0 Å². The van der Waals surface area contributed by atoms with Crippen LogP contribution in [0.25, 0.3) is 0 Å². The number of carbonyl (C=O) groups is 2. The van der Waals surface area contributed by atoms with Gasteiger partial charge in [0.05, 0.1) is 27.4 Å². The number of hydrogen-bond donors (Lipinski definition) is 1. The number of amides is 1. The van der Waals surface area contributed by atoms with Crippen LogP contribution in [-0.4, -0.2) is 17.6 Å². The Morgan fingerprint density at radius 3 is 2.41 bits per heavy atom. The molecule has 0 radical (unpaired) electrons. The van der Waals surface area contributed by atoms with Gasteiger partial charge in [0.15, 0.2) is 0 Å². The van der Waals surface area contributed by atoms with Crippen LogP contribution in [0.1, 0.15) is 56.0 Å². The summed E-state index contributed by atoms with van der Waals surface area (Å²) in [5.74, 6) is -0.628. The molecule has 32 heavy (non-hydrogen) atoms. The van der Waals surface area contributed by atoms with E-state index in [0.29, 0.717) is 34.1 Å². The van der Waals surface area contributed by atoms with Crippen LogP contribution >= 0.6 is 23.2 Å². The Morgan fingerprint density at radius 2 is 1.72 bits per heavy atom. The van der Waals surface area contributed by atoms with Crippen LogP contribution in [0.4, 0.5) is 5.69 Å². The van der Waals surface area contributed by atoms with Crippen LogP contribution in [0, 0.1) is 23.2 Å². The third kappa shape index (κ3) is 3.43. The van der Waals surface area contributed by atoms with E-state index in [-0.39, 0.29) is 11.3 Å². The highest BCUT2D eigenvalue weighted by Gasteiger charge is 2.71. The molecule has 0 aliphatic heterocycles. The molecule has 2 saturated carbocycles. The minimum absolute atomic E-state index is 0.120. The zero-order valence-corrected chi connectivity index (χ0v) is 20.1. The van der Waals surface area contributed by atoms with Crippen molar-refractivity contribution in [3.05, 3.63) is 63.6 Å². The van der Waals surface area contributed by atoms with Crippen LogP contribution in [0.5, 0.6) is 0 Å². The van der Waals surface area contributed by atoms with Crippen LogP contribution in [-0.2, 0) is 9.63 Å². The van der Waals surface area contributed by atoms with Crippen molar-refractivity contribution in [3.63, 3.8) is 0 Å². The molecule has 0 aromatic heterocycles. The summed E-state index contributed by atoms with van der Waals surface area (Å²) in [6, 6.07) is 12.1. The predicted molar refractivity (Wildman–Crippen MR) is 127 cm³/mol. The van der Waals surface area contributed by atoms with Crippen LogP contribution in [0.2, 0.25) is 10.0 Å². The molecule has 0 heterocycles. The minimum atomic E-state index is -0.692. The van der Waals surface area contributed by atoms with Crippen molar-refractivity contribution in [3.8, 4) is 0 Å². The Balaban J connectivity index is 1.60. The summed E-state index contributed by atoms with van der Waals surface area (Å²) < 4.78 is 0. The van der Waals surface area contributed by atoms with E-state index in [1.807, 2.05) is 19.1 Å². The highest BCUT2D eigenvalue weighted by molar-refractivity contribution is 6.35. The summed E-state index contributed by atoms with van der Waals surface area (Å²) in [7, 11) is 0. The van der Waals surface area contributed by atoms with Crippen LogP contribution < -0.4 is 5.32 Å². The van der Waals surface area contributed by atoms with Gasteiger partial charge in [0, 0.05) is 16.9 Å². The number of rotatable bonds is 4.